The first-order valence-electron chi connectivity index (χ1n) is 7.90. The van der Waals surface area contributed by atoms with Gasteiger partial charge in [-0.3, -0.25) is 4.79 Å². The number of hydrogen-bond acceptors (Lipinski definition) is 3. The lowest BCUT2D eigenvalue weighted by Gasteiger charge is -2.29. The van der Waals surface area contributed by atoms with Gasteiger partial charge >= 0.3 is 0 Å². The molecule has 20 heavy (non-hydrogen) atoms. The molecular formula is C16H22N2OS. The van der Waals surface area contributed by atoms with E-state index in [0.717, 1.165) is 31.8 Å². The molecule has 1 saturated carbocycles. The molecule has 4 rings (SSSR count). The van der Waals surface area contributed by atoms with Gasteiger partial charge in [-0.25, -0.2) is 0 Å². The third kappa shape index (κ3) is 2.01. The monoisotopic (exact) mass is 290 g/mol. The smallest absolute Gasteiger partial charge is 0.240 e. The molecule has 4 heteroatoms. The van der Waals surface area contributed by atoms with E-state index in [4.69, 9.17) is 0 Å². The van der Waals surface area contributed by atoms with Gasteiger partial charge in [0, 0.05) is 6.54 Å². The number of likely N-dealkylation sites (tertiary alicyclic amines) is 1. The number of fused-ring (bicyclic) bond motifs is 1. The highest BCUT2D eigenvalue weighted by molar-refractivity contribution is 7.07. The summed E-state index contributed by atoms with van der Waals surface area (Å²) in [6.07, 6.45) is 6.14. The molecule has 1 aromatic heterocycles. The molecule has 0 spiro atoms. The van der Waals surface area contributed by atoms with E-state index < -0.39 is 0 Å². The molecule has 0 radical (unpaired) electrons. The van der Waals surface area contributed by atoms with Crippen LogP contribution in [0.3, 0.4) is 0 Å². The minimum absolute atomic E-state index is 0.0988. The standard InChI is InChI=1S/C16H22N2OS/c19-16(15-13-4-1-3-11(13)9-17-15)18-7-2-5-14(18)12-6-8-20-10-12/h6,8,10-11,13-15,17H,1-5,7,9H2. The van der Waals surface area contributed by atoms with Gasteiger partial charge in [-0.1, -0.05) is 6.42 Å². The first kappa shape index (κ1) is 12.8. The fourth-order valence-corrected chi connectivity index (χ4v) is 5.19. The SMILES string of the molecule is O=C(C1NCC2CCCC21)N1CCCC1c1ccsc1. The Morgan fingerprint density at radius 2 is 2.25 bits per heavy atom. The number of carbonyl (C=O) groups excluding carboxylic acids is 1. The summed E-state index contributed by atoms with van der Waals surface area (Å²) >= 11 is 1.73. The minimum atomic E-state index is 0.0988. The number of rotatable bonds is 2. The Bertz CT molecular complexity index is 487. The third-order valence-corrected chi connectivity index (χ3v) is 6.18. The molecule has 0 bridgehead atoms. The molecule has 108 valence electrons. The fraction of sp³-hybridized carbons (Fsp3) is 0.688. The van der Waals surface area contributed by atoms with E-state index in [1.165, 1.54) is 24.8 Å². The summed E-state index contributed by atoms with van der Waals surface area (Å²) in [6, 6.07) is 2.61. The Morgan fingerprint density at radius 1 is 1.30 bits per heavy atom. The summed E-state index contributed by atoms with van der Waals surface area (Å²) in [7, 11) is 0. The van der Waals surface area contributed by atoms with Crippen LogP contribution in [0.4, 0.5) is 0 Å². The zero-order valence-corrected chi connectivity index (χ0v) is 12.6. The van der Waals surface area contributed by atoms with Crippen molar-refractivity contribution in [3.8, 4) is 0 Å². The van der Waals surface area contributed by atoms with Crippen molar-refractivity contribution >= 4 is 17.2 Å². The molecule has 0 aromatic carbocycles. The van der Waals surface area contributed by atoms with Crippen molar-refractivity contribution in [1.29, 1.82) is 0 Å². The highest BCUT2D eigenvalue weighted by Gasteiger charge is 2.45. The van der Waals surface area contributed by atoms with Gasteiger partial charge in [0.25, 0.3) is 0 Å². The summed E-state index contributed by atoms with van der Waals surface area (Å²) in [5, 5.41) is 7.84. The maximum atomic E-state index is 13.0. The minimum Gasteiger partial charge on any atom is -0.334 e. The summed E-state index contributed by atoms with van der Waals surface area (Å²) in [4.78, 5) is 15.1. The van der Waals surface area contributed by atoms with Crippen molar-refractivity contribution in [3.63, 3.8) is 0 Å². The molecule has 3 nitrogen and oxygen atoms in total. The number of hydrogen-bond donors (Lipinski definition) is 1. The van der Waals surface area contributed by atoms with Crippen LogP contribution in [0.1, 0.15) is 43.7 Å². The molecule has 2 saturated heterocycles. The summed E-state index contributed by atoms with van der Waals surface area (Å²) < 4.78 is 0. The van der Waals surface area contributed by atoms with E-state index in [1.807, 2.05) is 0 Å². The van der Waals surface area contributed by atoms with Gasteiger partial charge in [-0.2, -0.15) is 11.3 Å². The van der Waals surface area contributed by atoms with Gasteiger partial charge in [0.1, 0.15) is 0 Å². The highest BCUT2D eigenvalue weighted by atomic mass is 32.1. The van der Waals surface area contributed by atoms with Crippen molar-refractivity contribution in [3.05, 3.63) is 22.4 Å². The summed E-state index contributed by atoms with van der Waals surface area (Å²) in [5.74, 6) is 1.73. The molecule has 4 atom stereocenters. The second kappa shape index (κ2) is 5.15. The molecule has 1 aliphatic carbocycles. The van der Waals surface area contributed by atoms with Crippen LogP contribution in [0.15, 0.2) is 16.8 Å². The van der Waals surface area contributed by atoms with Crippen LogP contribution >= 0.6 is 11.3 Å². The largest absolute Gasteiger partial charge is 0.334 e. The van der Waals surface area contributed by atoms with Gasteiger partial charge in [0.05, 0.1) is 12.1 Å². The third-order valence-electron chi connectivity index (χ3n) is 5.48. The maximum absolute atomic E-state index is 13.0. The van der Waals surface area contributed by atoms with E-state index in [1.54, 1.807) is 11.3 Å². The molecule has 1 N–H and O–H groups in total. The molecule has 4 unspecified atom stereocenters. The average Bonchev–Trinajstić information content (AvgIpc) is 3.20. The Balaban J connectivity index is 1.53. The zero-order chi connectivity index (χ0) is 13.5. The van der Waals surface area contributed by atoms with Gasteiger partial charge in [-0.05, 0) is 66.5 Å². The van der Waals surface area contributed by atoms with Crippen molar-refractivity contribution in [2.45, 2.75) is 44.2 Å². The Morgan fingerprint density at radius 3 is 3.10 bits per heavy atom. The number of nitrogens with zero attached hydrogens (tertiary/aromatic N) is 1. The normalized spacial score (nSPS) is 36.5. The van der Waals surface area contributed by atoms with E-state index in [2.05, 4.69) is 27.0 Å². The second-order valence-electron chi connectivity index (χ2n) is 6.49. The predicted octanol–water partition coefficient (Wildman–Crippen LogP) is 2.80. The second-order valence-corrected chi connectivity index (χ2v) is 7.27. The molecular weight excluding hydrogens is 268 g/mol. The number of thiophene rings is 1. The Hall–Kier alpha value is -0.870. The number of nitrogens with one attached hydrogen (secondary N) is 1. The molecule has 3 aliphatic rings. The van der Waals surface area contributed by atoms with Gasteiger partial charge in [0.2, 0.25) is 5.91 Å². The van der Waals surface area contributed by atoms with Crippen LogP contribution in [0.5, 0.6) is 0 Å². The van der Waals surface area contributed by atoms with Crippen LogP contribution in [-0.2, 0) is 4.79 Å². The Labute approximate surface area is 124 Å². The van der Waals surface area contributed by atoms with Crippen LogP contribution in [0.25, 0.3) is 0 Å². The quantitative estimate of drug-likeness (QED) is 0.908. The molecule has 3 heterocycles. The van der Waals surface area contributed by atoms with Crippen molar-refractivity contribution in [2.24, 2.45) is 11.8 Å². The van der Waals surface area contributed by atoms with E-state index in [9.17, 15) is 4.79 Å². The van der Waals surface area contributed by atoms with Crippen molar-refractivity contribution in [2.75, 3.05) is 13.1 Å². The van der Waals surface area contributed by atoms with Crippen LogP contribution in [-0.4, -0.2) is 29.9 Å². The fourth-order valence-electron chi connectivity index (χ4n) is 4.48. The van der Waals surface area contributed by atoms with E-state index in [-0.39, 0.29) is 6.04 Å². The van der Waals surface area contributed by atoms with Crippen LogP contribution in [0.2, 0.25) is 0 Å². The zero-order valence-electron chi connectivity index (χ0n) is 11.8. The van der Waals surface area contributed by atoms with Crippen molar-refractivity contribution in [1.82, 2.24) is 10.2 Å². The maximum Gasteiger partial charge on any atom is 0.240 e. The first-order chi connectivity index (χ1) is 9.84. The molecule has 1 amide bonds. The summed E-state index contributed by atoms with van der Waals surface area (Å²) in [5.41, 5.74) is 1.34. The lowest BCUT2D eigenvalue weighted by molar-refractivity contribution is -0.135. The predicted molar refractivity (Wildman–Crippen MR) is 80.6 cm³/mol. The Kier molecular flexibility index (Phi) is 3.31. The average molecular weight is 290 g/mol. The van der Waals surface area contributed by atoms with Gasteiger partial charge in [-0.15, -0.1) is 0 Å². The summed E-state index contributed by atoms with van der Waals surface area (Å²) in [6.45, 7) is 1.99. The van der Waals surface area contributed by atoms with Crippen molar-refractivity contribution < 1.29 is 4.79 Å². The van der Waals surface area contributed by atoms with Crippen LogP contribution in [0, 0.1) is 11.8 Å². The van der Waals surface area contributed by atoms with E-state index in [0.29, 0.717) is 17.9 Å². The lowest BCUT2D eigenvalue weighted by Crippen LogP contribution is -2.46. The van der Waals surface area contributed by atoms with Crippen LogP contribution < -0.4 is 5.32 Å². The molecule has 2 aliphatic heterocycles. The topological polar surface area (TPSA) is 32.3 Å². The number of amides is 1. The van der Waals surface area contributed by atoms with E-state index >= 15 is 0 Å². The number of carbonyl (C=O) groups is 1. The van der Waals surface area contributed by atoms with Gasteiger partial charge < -0.3 is 10.2 Å². The lowest BCUT2D eigenvalue weighted by atomic mass is 9.93. The first-order valence-corrected chi connectivity index (χ1v) is 8.85. The molecule has 3 fully saturated rings. The molecule has 1 aromatic rings. The van der Waals surface area contributed by atoms with Gasteiger partial charge in [0.15, 0.2) is 0 Å². The highest BCUT2D eigenvalue weighted by Crippen LogP contribution is 2.40.